The van der Waals surface area contributed by atoms with Gasteiger partial charge in [-0.2, -0.15) is 0 Å². The molecule has 0 radical (unpaired) electrons. The van der Waals surface area contributed by atoms with Crippen LogP contribution in [0.15, 0.2) is 23.0 Å². The number of aromatic amines is 1. The molecule has 0 amide bonds. The standard InChI is InChI=1S/C20H27N3OS/c1-4-21-20(25)23(16-7-5-6-8-16)12-15-11-17-14(3)9-13(2)10-18(17)22-19(15)24/h9-11,16H,4-8,12H2,1-3H3,(H,21,25)(H,22,24). The Balaban J connectivity index is 1.97. The molecule has 25 heavy (non-hydrogen) atoms. The Labute approximate surface area is 154 Å². The number of nitrogens with zero attached hydrogens (tertiary/aromatic N) is 1. The lowest BCUT2D eigenvalue weighted by Crippen LogP contribution is -2.45. The Hall–Kier alpha value is -1.88. The number of thiocarbonyl (C=S) groups is 1. The molecule has 5 heteroatoms. The fraction of sp³-hybridized carbons (Fsp3) is 0.500. The van der Waals surface area contributed by atoms with Gasteiger partial charge in [-0.3, -0.25) is 4.79 Å². The molecule has 1 aromatic carbocycles. The van der Waals surface area contributed by atoms with Gasteiger partial charge >= 0.3 is 0 Å². The maximum Gasteiger partial charge on any atom is 0.253 e. The largest absolute Gasteiger partial charge is 0.363 e. The average molecular weight is 358 g/mol. The van der Waals surface area contributed by atoms with Crippen LogP contribution in [-0.2, 0) is 6.54 Å². The second-order valence-corrected chi connectivity index (χ2v) is 7.46. The van der Waals surface area contributed by atoms with Crippen molar-refractivity contribution in [2.75, 3.05) is 6.54 Å². The summed E-state index contributed by atoms with van der Waals surface area (Å²) in [5, 5.41) is 5.13. The number of benzene rings is 1. The molecule has 0 atom stereocenters. The van der Waals surface area contributed by atoms with Gasteiger partial charge in [0.2, 0.25) is 0 Å². The molecule has 0 aliphatic heterocycles. The third-order valence-corrected chi connectivity index (χ3v) is 5.46. The lowest BCUT2D eigenvalue weighted by atomic mass is 10.0. The summed E-state index contributed by atoms with van der Waals surface area (Å²) >= 11 is 5.59. The van der Waals surface area contributed by atoms with Crippen molar-refractivity contribution in [3.63, 3.8) is 0 Å². The fourth-order valence-corrected chi connectivity index (χ4v) is 4.21. The van der Waals surface area contributed by atoms with E-state index in [0.717, 1.165) is 46.5 Å². The fourth-order valence-electron chi connectivity index (χ4n) is 3.85. The Kier molecular flexibility index (Phi) is 5.42. The lowest BCUT2D eigenvalue weighted by Gasteiger charge is -2.31. The average Bonchev–Trinajstić information content (AvgIpc) is 3.07. The van der Waals surface area contributed by atoms with Gasteiger partial charge in [0.1, 0.15) is 0 Å². The number of hydrogen-bond donors (Lipinski definition) is 2. The van der Waals surface area contributed by atoms with Crippen molar-refractivity contribution in [3.8, 4) is 0 Å². The topological polar surface area (TPSA) is 48.1 Å². The number of fused-ring (bicyclic) bond motifs is 1. The SMILES string of the molecule is CCNC(=S)N(Cc1cc2c(C)cc(C)cc2[nH]c1=O)C1CCCC1. The highest BCUT2D eigenvalue weighted by molar-refractivity contribution is 7.80. The highest BCUT2D eigenvalue weighted by atomic mass is 32.1. The highest BCUT2D eigenvalue weighted by Gasteiger charge is 2.25. The van der Waals surface area contributed by atoms with Crippen molar-refractivity contribution in [3.05, 3.63) is 45.2 Å². The quantitative estimate of drug-likeness (QED) is 0.818. The van der Waals surface area contributed by atoms with Gasteiger partial charge in [-0.1, -0.05) is 18.9 Å². The summed E-state index contributed by atoms with van der Waals surface area (Å²) in [7, 11) is 0. The molecule has 1 fully saturated rings. The summed E-state index contributed by atoms with van der Waals surface area (Å²) in [5.74, 6) is 0. The van der Waals surface area contributed by atoms with E-state index in [1.807, 2.05) is 19.1 Å². The minimum atomic E-state index is -0.0141. The second kappa shape index (κ2) is 7.56. The molecule has 1 aromatic heterocycles. The van der Waals surface area contributed by atoms with Crippen molar-refractivity contribution >= 4 is 28.2 Å². The van der Waals surface area contributed by atoms with Gasteiger partial charge in [0, 0.05) is 29.1 Å². The van der Waals surface area contributed by atoms with Gasteiger partial charge in [0.25, 0.3) is 5.56 Å². The van der Waals surface area contributed by atoms with Gasteiger partial charge in [-0.25, -0.2) is 0 Å². The van der Waals surface area contributed by atoms with Gasteiger partial charge in [-0.15, -0.1) is 0 Å². The summed E-state index contributed by atoms with van der Waals surface area (Å²) < 4.78 is 0. The molecule has 0 unspecified atom stereocenters. The van der Waals surface area contributed by atoms with Crippen LogP contribution in [0.25, 0.3) is 10.9 Å². The molecule has 1 aliphatic rings. The Morgan fingerprint density at radius 3 is 2.68 bits per heavy atom. The van der Waals surface area contributed by atoms with E-state index in [-0.39, 0.29) is 5.56 Å². The maximum absolute atomic E-state index is 12.6. The zero-order valence-corrected chi connectivity index (χ0v) is 16.1. The molecule has 1 heterocycles. The first-order valence-electron chi connectivity index (χ1n) is 9.17. The third-order valence-electron chi connectivity index (χ3n) is 5.08. The van der Waals surface area contributed by atoms with E-state index >= 15 is 0 Å². The maximum atomic E-state index is 12.6. The summed E-state index contributed by atoms with van der Waals surface area (Å²) in [6.07, 6.45) is 4.77. The molecule has 0 saturated heterocycles. The second-order valence-electron chi connectivity index (χ2n) is 7.07. The van der Waals surface area contributed by atoms with Crippen molar-refractivity contribution in [2.45, 2.75) is 59.0 Å². The van der Waals surface area contributed by atoms with Crippen LogP contribution in [0.5, 0.6) is 0 Å². The Morgan fingerprint density at radius 1 is 1.28 bits per heavy atom. The summed E-state index contributed by atoms with van der Waals surface area (Å²) in [4.78, 5) is 17.9. The van der Waals surface area contributed by atoms with E-state index in [4.69, 9.17) is 12.2 Å². The lowest BCUT2D eigenvalue weighted by molar-refractivity contribution is 0.303. The van der Waals surface area contributed by atoms with Gasteiger partial charge in [0.15, 0.2) is 5.11 Å². The predicted octanol–water partition coefficient (Wildman–Crippen LogP) is 3.78. The van der Waals surface area contributed by atoms with Crippen molar-refractivity contribution in [1.82, 2.24) is 15.2 Å². The minimum absolute atomic E-state index is 0.0141. The van der Waals surface area contributed by atoms with Crippen molar-refractivity contribution in [1.29, 1.82) is 0 Å². The number of nitrogens with one attached hydrogen (secondary N) is 2. The van der Waals surface area contributed by atoms with Crippen molar-refractivity contribution in [2.24, 2.45) is 0 Å². The van der Waals surface area contributed by atoms with Gasteiger partial charge < -0.3 is 15.2 Å². The van der Waals surface area contributed by atoms with E-state index in [1.54, 1.807) is 0 Å². The Bertz CT molecular complexity index is 837. The molecule has 1 saturated carbocycles. The first-order valence-corrected chi connectivity index (χ1v) is 9.58. The summed E-state index contributed by atoms with van der Waals surface area (Å²) in [5.41, 5.74) is 4.03. The van der Waals surface area contributed by atoms with E-state index in [1.165, 1.54) is 18.4 Å². The molecule has 4 nitrogen and oxygen atoms in total. The third kappa shape index (κ3) is 3.87. The van der Waals surface area contributed by atoms with Crippen LogP contribution in [0, 0.1) is 13.8 Å². The molecule has 2 N–H and O–H groups in total. The molecule has 1 aliphatic carbocycles. The van der Waals surface area contributed by atoms with Crippen LogP contribution >= 0.6 is 12.2 Å². The zero-order valence-electron chi connectivity index (χ0n) is 15.3. The van der Waals surface area contributed by atoms with Crippen LogP contribution in [0.2, 0.25) is 0 Å². The Morgan fingerprint density at radius 2 is 2.00 bits per heavy atom. The molecule has 134 valence electrons. The predicted molar refractivity (Wildman–Crippen MR) is 108 cm³/mol. The summed E-state index contributed by atoms with van der Waals surface area (Å²) in [6.45, 7) is 7.56. The normalized spacial score (nSPS) is 14.8. The first kappa shape index (κ1) is 17.9. The number of pyridine rings is 1. The zero-order chi connectivity index (χ0) is 18.0. The smallest absolute Gasteiger partial charge is 0.253 e. The van der Waals surface area contributed by atoms with Crippen molar-refractivity contribution < 1.29 is 0 Å². The number of hydrogen-bond acceptors (Lipinski definition) is 2. The van der Waals surface area contributed by atoms with Gasteiger partial charge in [-0.05, 0) is 69.1 Å². The van der Waals surface area contributed by atoms with Crippen LogP contribution in [-0.4, -0.2) is 27.6 Å². The molecular weight excluding hydrogens is 330 g/mol. The van der Waals surface area contributed by atoms with E-state index in [9.17, 15) is 4.79 Å². The monoisotopic (exact) mass is 357 g/mol. The van der Waals surface area contributed by atoms with Crippen LogP contribution in [0.3, 0.4) is 0 Å². The number of H-pyrrole nitrogens is 1. The molecular formula is C20H27N3OS. The number of rotatable bonds is 4. The van der Waals surface area contributed by atoms with E-state index in [2.05, 4.69) is 35.1 Å². The van der Waals surface area contributed by atoms with Crippen LogP contribution < -0.4 is 10.9 Å². The van der Waals surface area contributed by atoms with Gasteiger partial charge in [0.05, 0.1) is 6.54 Å². The molecule has 0 spiro atoms. The summed E-state index contributed by atoms with van der Waals surface area (Å²) in [6, 6.07) is 6.66. The number of aryl methyl sites for hydroxylation is 2. The van der Waals surface area contributed by atoms with Crippen LogP contribution in [0.1, 0.15) is 49.3 Å². The van der Waals surface area contributed by atoms with E-state index in [0.29, 0.717) is 12.6 Å². The molecule has 2 aromatic rings. The minimum Gasteiger partial charge on any atom is -0.363 e. The number of aromatic nitrogens is 1. The molecule has 3 rings (SSSR count). The molecule has 0 bridgehead atoms. The first-order chi connectivity index (χ1) is 12.0. The van der Waals surface area contributed by atoms with Crippen LogP contribution in [0.4, 0.5) is 0 Å². The van der Waals surface area contributed by atoms with E-state index < -0.39 is 0 Å². The highest BCUT2D eigenvalue weighted by Crippen LogP contribution is 2.25.